The van der Waals surface area contributed by atoms with Crippen LogP contribution in [-0.4, -0.2) is 64.9 Å². The Labute approximate surface area is 157 Å². The fourth-order valence-electron chi connectivity index (χ4n) is 4.59. The van der Waals surface area contributed by atoms with E-state index < -0.39 is 0 Å². The molecule has 0 spiro atoms. The highest BCUT2D eigenvalue weighted by atomic mass is 16.5. The monoisotopic (exact) mass is 362 g/mol. The van der Waals surface area contributed by atoms with Crippen molar-refractivity contribution in [3.63, 3.8) is 0 Å². The van der Waals surface area contributed by atoms with Gasteiger partial charge in [0.1, 0.15) is 0 Å². The number of benzene rings is 1. The molecular weight excluding hydrogens is 328 g/mol. The summed E-state index contributed by atoms with van der Waals surface area (Å²) in [6.07, 6.45) is 7.50. The summed E-state index contributed by atoms with van der Waals surface area (Å²) in [5.41, 5.74) is 0.921. The van der Waals surface area contributed by atoms with Gasteiger partial charge in [-0.05, 0) is 32.3 Å². The number of ether oxygens (including phenoxy) is 1. The van der Waals surface area contributed by atoms with Crippen molar-refractivity contribution in [1.29, 1.82) is 0 Å². The summed E-state index contributed by atoms with van der Waals surface area (Å²) < 4.78 is 5.51. The number of hydrogen-bond acceptors (Lipinski definition) is 5. The van der Waals surface area contributed by atoms with Crippen LogP contribution in [0, 0.1) is 0 Å². The quantitative estimate of drug-likeness (QED) is 0.781. The minimum absolute atomic E-state index is 0.243. The summed E-state index contributed by atoms with van der Waals surface area (Å²) in [6, 6.07) is 6.85. The second kappa shape index (κ2) is 9.58. The Bertz CT molecular complexity index is 560. The zero-order chi connectivity index (χ0) is 18.4. The SMILES string of the molecule is CCOc1cccc(CN2CCN(C3CCCCC3)[C@H](CCO)C2)c1O. The number of para-hydroxylation sites is 1. The molecule has 1 aromatic rings. The molecule has 1 aromatic carbocycles. The third-order valence-corrected chi connectivity index (χ3v) is 5.89. The third-order valence-electron chi connectivity index (χ3n) is 5.89. The Kier molecular flexibility index (Phi) is 7.17. The molecule has 5 nitrogen and oxygen atoms in total. The van der Waals surface area contributed by atoms with Gasteiger partial charge in [0.05, 0.1) is 6.61 Å². The molecular formula is C21H34N2O3. The molecule has 146 valence electrons. The van der Waals surface area contributed by atoms with Gasteiger partial charge in [0.2, 0.25) is 0 Å². The van der Waals surface area contributed by atoms with Gasteiger partial charge in [-0.15, -0.1) is 0 Å². The fraction of sp³-hybridized carbons (Fsp3) is 0.714. The van der Waals surface area contributed by atoms with E-state index in [0.717, 1.165) is 38.2 Å². The molecule has 0 aromatic heterocycles. The smallest absolute Gasteiger partial charge is 0.162 e. The molecule has 5 heteroatoms. The molecule has 1 saturated carbocycles. The van der Waals surface area contributed by atoms with Gasteiger partial charge < -0.3 is 14.9 Å². The minimum Gasteiger partial charge on any atom is -0.504 e. The van der Waals surface area contributed by atoms with Crippen LogP contribution in [0.2, 0.25) is 0 Å². The lowest BCUT2D eigenvalue weighted by Crippen LogP contribution is -2.56. The molecule has 2 fully saturated rings. The van der Waals surface area contributed by atoms with Crippen LogP contribution in [0.1, 0.15) is 51.0 Å². The largest absolute Gasteiger partial charge is 0.504 e. The highest BCUT2D eigenvalue weighted by Gasteiger charge is 2.32. The number of aliphatic hydroxyl groups is 1. The Hall–Kier alpha value is -1.30. The first kappa shape index (κ1) is 19.5. The van der Waals surface area contributed by atoms with Crippen LogP contribution in [0.15, 0.2) is 18.2 Å². The molecule has 0 amide bonds. The average Bonchev–Trinajstić information content (AvgIpc) is 2.66. The van der Waals surface area contributed by atoms with Crippen molar-refractivity contribution in [3.05, 3.63) is 23.8 Å². The first-order valence-corrected chi connectivity index (χ1v) is 10.3. The van der Waals surface area contributed by atoms with Crippen molar-refractivity contribution in [2.45, 2.75) is 64.1 Å². The lowest BCUT2D eigenvalue weighted by atomic mass is 9.91. The first-order valence-electron chi connectivity index (χ1n) is 10.3. The molecule has 2 N–H and O–H groups in total. The van der Waals surface area contributed by atoms with Crippen molar-refractivity contribution in [3.8, 4) is 11.5 Å². The van der Waals surface area contributed by atoms with Crippen LogP contribution in [0.25, 0.3) is 0 Å². The Morgan fingerprint density at radius 2 is 1.96 bits per heavy atom. The lowest BCUT2D eigenvalue weighted by Gasteiger charge is -2.46. The number of aliphatic hydroxyl groups excluding tert-OH is 1. The van der Waals surface area contributed by atoms with Gasteiger partial charge in [-0.25, -0.2) is 0 Å². The van der Waals surface area contributed by atoms with Crippen molar-refractivity contribution >= 4 is 0 Å². The fourth-order valence-corrected chi connectivity index (χ4v) is 4.59. The van der Waals surface area contributed by atoms with Gasteiger partial charge in [0.15, 0.2) is 11.5 Å². The van der Waals surface area contributed by atoms with E-state index in [-0.39, 0.29) is 12.4 Å². The van der Waals surface area contributed by atoms with E-state index >= 15 is 0 Å². The second-order valence-electron chi connectivity index (χ2n) is 7.63. The van der Waals surface area contributed by atoms with Crippen LogP contribution in [0.5, 0.6) is 11.5 Å². The molecule has 0 bridgehead atoms. The standard InChI is InChI=1S/C21H34N2O3/c1-2-26-20-10-6-7-17(21(20)25)15-22-12-13-23(19(16-22)11-14-24)18-8-4-3-5-9-18/h6-7,10,18-19,24-25H,2-5,8-9,11-16H2,1H3/t19-/m1/s1. The van der Waals surface area contributed by atoms with Gasteiger partial charge in [0, 0.05) is 50.4 Å². The van der Waals surface area contributed by atoms with Crippen LogP contribution >= 0.6 is 0 Å². The lowest BCUT2D eigenvalue weighted by molar-refractivity contribution is 0.0134. The molecule has 1 saturated heterocycles. The Morgan fingerprint density at radius 3 is 2.69 bits per heavy atom. The number of phenolic OH excluding ortho intramolecular Hbond substituents is 1. The van der Waals surface area contributed by atoms with E-state index in [1.165, 1.54) is 32.1 Å². The molecule has 1 aliphatic carbocycles. The van der Waals surface area contributed by atoms with Crippen LogP contribution in [0.4, 0.5) is 0 Å². The molecule has 1 heterocycles. The maximum absolute atomic E-state index is 10.5. The molecule has 0 radical (unpaired) electrons. The zero-order valence-electron chi connectivity index (χ0n) is 16.1. The van der Waals surface area contributed by atoms with E-state index in [1.54, 1.807) is 0 Å². The summed E-state index contributed by atoms with van der Waals surface area (Å²) >= 11 is 0. The van der Waals surface area contributed by atoms with Gasteiger partial charge in [-0.2, -0.15) is 0 Å². The van der Waals surface area contributed by atoms with Gasteiger partial charge in [-0.3, -0.25) is 9.80 Å². The van der Waals surface area contributed by atoms with Crippen LogP contribution < -0.4 is 4.74 Å². The van der Waals surface area contributed by atoms with Crippen molar-refractivity contribution in [2.75, 3.05) is 32.8 Å². The number of piperazine rings is 1. The predicted octanol–water partition coefficient (Wildman–Crippen LogP) is 2.99. The van der Waals surface area contributed by atoms with Gasteiger partial charge in [-0.1, -0.05) is 31.4 Å². The van der Waals surface area contributed by atoms with Crippen molar-refractivity contribution in [2.24, 2.45) is 0 Å². The molecule has 0 unspecified atom stereocenters. The van der Waals surface area contributed by atoms with Gasteiger partial charge in [0.25, 0.3) is 0 Å². The van der Waals surface area contributed by atoms with Crippen molar-refractivity contribution < 1.29 is 14.9 Å². The summed E-state index contributed by atoms with van der Waals surface area (Å²) in [7, 11) is 0. The molecule has 1 atom stereocenters. The maximum Gasteiger partial charge on any atom is 0.162 e. The number of phenols is 1. The maximum atomic E-state index is 10.5. The van der Waals surface area contributed by atoms with E-state index in [1.807, 2.05) is 25.1 Å². The normalized spacial score (nSPS) is 23.2. The van der Waals surface area contributed by atoms with Crippen molar-refractivity contribution in [1.82, 2.24) is 9.80 Å². The number of aromatic hydroxyl groups is 1. The summed E-state index contributed by atoms with van der Waals surface area (Å²) in [6.45, 7) is 6.47. The molecule has 26 heavy (non-hydrogen) atoms. The minimum atomic E-state index is 0.243. The van der Waals surface area contributed by atoms with E-state index in [0.29, 0.717) is 24.4 Å². The summed E-state index contributed by atoms with van der Waals surface area (Å²) in [4.78, 5) is 5.06. The highest BCUT2D eigenvalue weighted by molar-refractivity contribution is 5.45. The number of rotatable bonds is 7. The first-order chi connectivity index (χ1) is 12.7. The zero-order valence-corrected chi connectivity index (χ0v) is 16.1. The average molecular weight is 363 g/mol. The number of nitrogens with zero attached hydrogens (tertiary/aromatic N) is 2. The van der Waals surface area contributed by atoms with Gasteiger partial charge >= 0.3 is 0 Å². The predicted molar refractivity (Wildman–Crippen MR) is 104 cm³/mol. The Balaban J connectivity index is 1.64. The summed E-state index contributed by atoms with van der Waals surface area (Å²) in [5, 5.41) is 20.0. The third kappa shape index (κ3) is 4.70. The van der Waals surface area contributed by atoms with E-state index in [4.69, 9.17) is 4.74 Å². The number of hydrogen-bond donors (Lipinski definition) is 2. The molecule has 3 rings (SSSR count). The van der Waals surface area contributed by atoms with E-state index in [2.05, 4.69) is 9.80 Å². The highest BCUT2D eigenvalue weighted by Crippen LogP contribution is 2.32. The topological polar surface area (TPSA) is 56.2 Å². The van der Waals surface area contributed by atoms with Crippen LogP contribution in [0.3, 0.4) is 0 Å². The second-order valence-corrected chi connectivity index (χ2v) is 7.63. The molecule has 2 aliphatic rings. The summed E-state index contributed by atoms with van der Waals surface area (Å²) in [5.74, 6) is 0.834. The Morgan fingerprint density at radius 1 is 1.15 bits per heavy atom. The van der Waals surface area contributed by atoms with E-state index in [9.17, 15) is 10.2 Å². The van der Waals surface area contributed by atoms with Crippen LogP contribution in [-0.2, 0) is 6.54 Å². The molecule has 1 aliphatic heterocycles.